The summed E-state index contributed by atoms with van der Waals surface area (Å²) in [6.07, 6.45) is 7.14. The Labute approximate surface area is 121 Å². The van der Waals surface area contributed by atoms with E-state index in [0.717, 1.165) is 19.3 Å². The normalized spacial score (nSPS) is 27.9. The molecule has 0 saturated heterocycles. The summed E-state index contributed by atoms with van der Waals surface area (Å²) in [5.41, 5.74) is -0.0888. The number of H-pyrrole nitrogens is 1. The average Bonchev–Trinajstić information content (AvgIpc) is 2.91. The predicted octanol–water partition coefficient (Wildman–Crippen LogP) is 1.20. The second kappa shape index (κ2) is 5.83. The molecule has 0 aromatic carbocycles. The Hall–Kier alpha value is -0.920. The van der Waals surface area contributed by atoms with E-state index in [1.165, 1.54) is 18.8 Å². The summed E-state index contributed by atoms with van der Waals surface area (Å²) in [6, 6.07) is 0. The predicted molar refractivity (Wildman–Crippen MR) is 77.8 cm³/mol. The molecule has 2 unspecified atom stereocenters. The quantitative estimate of drug-likeness (QED) is 0.856. The molecule has 0 radical (unpaired) electrons. The fourth-order valence-corrected chi connectivity index (χ4v) is 4.08. The molecule has 114 valence electrons. The number of nitrogens with one attached hydrogen (secondary N) is 2. The maximum absolute atomic E-state index is 12.2. The molecule has 2 atom stereocenters. The van der Waals surface area contributed by atoms with E-state index >= 15 is 0 Å². The minimum atomic E-state index is -3.48. The highest BCUT2D eigenvalue weighted by atomic mass is 32.2. The monoisotopic (exact) mass is 300 g/mol. The SMILES string of the molecule is CC1CCCC(CNS(=O)(=O)c2cn[nH]c2)(N(C)C)C1. The number of aromatic nitrogens is 2. The van der Waals surface area contributed by atoms with Crippen LogP contribution in [0.15, 0.2) is 17.3 Å². The van der Waals surface area contributed by atoms with Gasteiger partial charge >= 0.3 is 0 Å². The topological polar surface area (TPSA) is 78.1 Å². The first kappa shape index (κ1) is 15.5. The second-order valence-electron chi connectivity index (χ2n) is 6.08. The van der Waals surface area contributed by atoms with E-state index in [2.05, 4.69) is 26.7 Å². The van der Waals surface area contributed by atoms with E-state index < -0.39 is 10.0 Å². The van der Waals surface area contributed by atoms with Crippen LogP contribution in [0.3, 0.4) is 0 Å². The van der Waals surface area contributed by atoms with Crippen molar-refractivity contribution >= 4 is 10.0 Å². The van der Waals surface area contributed by atoms with Crippen molar-refractivity contribution in [2.45, 2.75) is 43.0 Å². The molecule has 2 N–H and O–H groups in total. The zero-order valence-electron chi connectivity index (χ0n) is 12.4. The highest BCUT2D eigenvalue weighted by Crippen LogP contribution is 2.35. The van der Waals surface area contributed by atoms with Crippen LogP contribution < -0.4 is 4.72 Å². The maximum atomic E-state index is 12.2. The van der Waals surface area contributed by atoms with Gasteiger partial charge in [0.15, 0.2) is 0 Å². The lowest BCUT2D eigenvalue weighted by Crippen LogP contribution is -2.54. The Morgan fingerprint density at radius 3 is 2.85 bits per heavy atom. The van der Waals surface area contributed by atoms with Crippen LogP contribution in [0.4, 0.5) is 0 Å². The molecule has 20 heavy (non-hydrogen) atoms. The smallest absolute Gasteiger partial charge is 0.243 e. The fraction of sp³-hybridized carbons (Fsp3) is 0.769. The van der Waals surface area contributed by atoms with Gasteiger partial charge in [0.05, 0.1) is 6.20 Å². The minimum absolute atomic E-state index is 0.0888. The summed E-state index contributed by atoms with van der Waals surface area (Å²) in [7, 11) is 0.588. The van der Waals surface area contributed by atoms with Gasteiger partial charge < -0.3 is 4.90 Å². The summed E-state index contributed by atoms with van der Waals surface area (Å²) in [5, 5.41) is 6.23. The molecule has 0 bridgehead atoms. The van der Waals surface area contributed by atoms with E-state index in [-0.39, 0.29) is 10.4 Å². The van der Waals surface area contributed by atoms with Crippen molar-refractivity contribution in [3.8, 4) is 0 Å². The van der Waals surface area contributed by atoms with E-state index in [9.17, 15) is 8.42 Å². The number of hydrogen-bond donors (Lipinski definition) is 2. The molecule has 0 aliphatic heterocycles. The number of rotatable bonds is 5. The van der Waals surface area contributed by atoms with Gasteiger partial charge in [0, 0.05) is 18.3 Å². The summed E-state index contributed by atoms with van der Waals surface area (Å²) >= 11 is 0. The molecular formula is C13H24N4O2S. The molecule has 1 heterocycles. The highest BCUT2D eigenvalue weighted by molar-refractivity contribution is 7.89. The molecule has 1 saturated carbocycles. The van der Waals surface area contributed by atoms with Crippen molar-refractivity contribution < 1.29 is 8.42 Å². The fourth-order valence-electron chi connectivity index (χ4n) is 3.06. The molecule has 6 nitrogen and oxygen atoms in total. The van der Waals surface area contributed by atoms with Gasteiger partial charge in [-0.25, -0.2) is 13.1 Å². The number of aromatic amines is 1. The lowest BCUT2D eigenvalue weighted by Gasteiger charge is -2.45. The van der Waals surface area contributed by atoms with Crippen molar-refractivity contribution in [1.29, 1.82) is 0 Å². The maximum Gasteiger partial charge on any atom is 0.243 e. The first-order valence-electron chi connectivity index (χ1n) is 7.02. The minimum Gasteiger partial charge on any atom is -0.302 e. The summed E-state index contributed by atoms with van der Waals surface area (Å²) in [6.45, 7) is 2.68. The molecule has 1 aliphatic carbocycles. The van der Waals surface area contributed by atoms with Gasteiger partial charge in [-0.3, -0.25) is 5.10 Å². The largest absolute Gasteiger partial charge is 0.302 e. The van der Waals surface area contributed by atoms with Crippen molar-refractivity contribution in [2.24, 2.45) is 5.92 Å². The first-order chi connectivity index (χ1) is 9.36. The summed E-state index contributed by atoms with van der Waals surface area (Å²) in [5.74, 6) is 0.629. The Morgan fingerprint density at radius 2 is 2.30 bits per heavy atom. The second-order valence-corrected chi connectivity index (χ2v) is 7.85. The van der Waals surface area contributed by atoms with Crippen molar-refractivity contribution in [2.75, 3.05) is 20.6 Å². The third-order valence-corrected chi connectivity index (χ3v) is 5.76. The van der Waals surface area contributed by atoms with E-state index in [1.807, 2.05) is 14.1 Å². The average molecular weight is 300 g/mol. The van der Waals surface area contributed by atoms with E-state index in [0.29, 0.717) is 12.5 Å². The van der Waals surface area contributed by atoms with Crippen LogP contribution in [-0.4, -0.2) is 49.7 Å². The molecule has 1 aromatic rings. The molecule has 0 spiro atoms. The Morgan fingerprint density at radius 1 is 1.55 bits per heavy atom. The third kappa shape index (κ3) is 3.21. The number of hydrogen-bond acceptors (Lipinski definition) is 4. The highest BCUT2D eigenvalue weighted by Gasteiger charge is 2.37. The van der Waals surface area contributed by atoms with Crippen LogP contribution in [0.5, 0.6) is 0 Å². The van der Waals surface area contributed by atoms with Crippen LogP contribution in [0.1, 0.15) is 32.6 Å². The number of nitrogens with zero attached hydrogens (tertiary/aromatic N) is 2. The van der Waals surface area contributed by atoms with Crippen molar-refractivity contribution in [3.05, 3.63) is 12.4 Å². The van der Waals surface area contributed by atoms with Crippen LogP contribution >= 0.6 is 0 Å². The number of likely N-dealkylation sites (N-methyl/N-ethyl adjacent to an activating group) is 1. The summed E-state index contributed by atoms with van der Waals surface area (Å²) in [4.78, 5) is 2.36. The van der Waals surface area contributed by atoms with Gasteiger partial charge in [0.1, 0.15) is 4.90 Å². The van der Waals surface area contributed by atoms with Gasteiger partial charge in [0.2, 0.25) is 10.0 Å². The molecule has 1 aromatic heterocycles. The summed E-state index contributed by atoms with van der Waals surface area (Å²) < 4.78 is 27.1. The Bertz CT molecular complexity index is 527. The molecule has 7 heteroatoms. The van der Waals surface area contributed by atoms with E-state index in [1.54, 1.807) is 0 Å². The molecular weight excluding hydrogens is 276 g/mol. The van der Waals surface area contributed by atoms with Crippen LogP contribution in [0, 0.1) is 5.92 Å². The van der Waals surface area contributed by atoms with Gasteiger partial charge in [0.25, 0.3) is 0 Å². The molecule has 1 fully saturated rings. The van der Waals surface area contributed by atoms with Gasteiger partial charge in [-0.15, -0.1) is 0 Å². The van der Waals surface area contributed by atoms with Crippen LogP contribution in [0.25, 0.3) is 0 Å². The van der Waals surface area contributed by atoms with Crippen LogP contribution in [0.2, 0.25) is 0 Å². The zero-order chi connectivity index (χ0) is 14.8. The number of sulfonamides is 1. The molecule has 0 amide bonds. The lowest BCUT2D eigenvalue weighted by atomic mass is 9.75. The zero-order valence-corrected chi connectivity index (χ0v) is 13.2. The third-order valence-electron chi connectivity index (χ3n) is 4.39. The Kier molecular flexibility index (Phi) is 4.51. The van der Waals surface area contributed by atoms with Gasteiger partial charge in [-0.2, -0.15) is 5.10 Å². The molecule has 1 aliphatic rings. The first-order valence-corrected chi connectivity index (χ1v) is 8.50. The molecule has 2 rings (SSSR count). The van der Waals surface area contributed by atoms with Crippen LogP contribution in [-0.2, 0) is 10.0 Å². The van der Waals surface area contributed by atoms with Gasteiger partial charge in [-0.1, -0.05) is 19.8 Å². The van der Waals surface area contributed by atoms with E-state index in [4.69, 9.17) is 0 Å². The van der Waals surface area contributed by atoms with Crippen molar-refractivity contribution in [1.82, 2.24) is 19.8 Å². The standard InChI is InChI=1S/C13H24N4O2S/c1-11-5-4-6-13(7-11,17(2)3)10-16-20(18,19)12-8-14-15-9-12/h8-9,11,16H,4-7,10H2,1-3H3,(H,14,15). The lowest BCUT2D eigenvalue weighted by molar-refractivity contribution is 0.0805. The Balaban J connectivity index is 2.10. The van der Waals surface area contributed by atoms with Gasteiger partial charge in [-0.05, 0) is 32.9 Å². The van der Waals surface area contributed by atoms with Crippen molar-refractivity contribution in [3.63, 3.8) is 0 Å².